The van der Waals surface area contributed by atoms with Gasteiger partial charge in [-0.05, 0) is 48.2 Å². The van der Waals surface area contributed by atoms with Gasteiger partial charge in [-0.3, -0.25) is 4.79 Å². The summed E-state index contributed by atoms with van der Waals surface area (Å²) < 4.78 is 5.59. The largest absolute Gasteiger partial charge is 0.484 e. The molecule has 0 saturated carbocycles. The first-order chi connectivity index (χ1) is 12.2. The number of amides is 1. The molecular formula is C22H23NO2. The molecular weight excluding hydrogens is 310 g/mol. The van der Waals surface area contributed by atoms with Gasteiger partial charge in [0, 0.05) is 6.54 Å². The first-order valence-electron chi connectivity index (χ1n) is 8.64. The fourth-order valence-corrected chi connectivity index (χ4v) is 2.85. The smallest absolute Gasteiger partial charge is 0.257 e. The number of hydrogen-bond donors (Lipinski definition) is 1. The highest BCUT2D eigenvalue weighted by molar-refractivity contribution is 5.84. The van der Waals surface area contributed by atoms with Crippen molar-refractivity contribution in [2.75, 3.05) is 13.2 Å². The van der Waals surface area contributed by atoms with Crippen molar-refractivity contribution >= 4 is 16.7 Å². The molecule has 0 unspecified atom stereocenters. The van der Waals surface area contributed by atoms with Crippen molar-refractivity contribution in [1.29, 1.82) is 0 Å². The Morgan fingerprint density at radius 1 is 0.960 bits per heavy atom. The van der Waals surface area contributed by atoms with Crippen LogP contribution in [0.3, 0.4) is 0 Å². The van der Waals surface area contributed by atoms with Crippen molar-refractivity contribution in [3.8, 4) is 5.75 Å². The number of benzene rings is 3. The minimum absolute atomic E-state index is 0.0444. The summed E-state index contributed by atoms with van der Waals surface area (Å²) in [7, 11) is 0. The first kappa shape index (κ1) is 17.0. The number of nitrogens with one attached hydrogen (secondary N) is 1. The van der Waals surface area contributed by atoms with E-state index in [2.05, 4.69) is 42.6 Å². The highest BCUT2D eigenvalue weighted by atomic mass is 16.5. The lowest BCUT2D eigenvalue weighted by Crippen LogP contribution is -2.29. The molecule has 3 aromatic rings. The maximum absolute atomic E-state index is 11.9. The Kier molecular flexibility index (Phi) is 5.68. The fraction of sp³-hybridized carbons (Fsp3) is 0.227. The maximum Gasteiger partial charge on any atom is 0.257 e. The van der Waals surface area contributed by atoms with E-state index in [1.54, 1.807) is 0 Å². The lowest BCUT2D eigenvalue weighted by Gasteiger charge is -2.08. The van der Waals surface area contributed by atoms with Crippen molar-refractivity contribution in [3.63, 3.8) is 0 Å². The van der Waals surface area contributed by atoms with Crippen LogP contribution in [0.2, 0.25) is 0 Å². The summed E-state index contributed by atoms with van der Waals surface area (Å²) in [5, 5.41) is 5.18. The summed E-state index contributed by atoms with van der Waals surface area (Å²) in [4.78, 5) is 11.9. The summed E-state index contributed by atoms with van der Waals surface area (Å²) in [5.41, 5.74) is 2.58. The molecule has 0 aromatic heterocycles. The molecule has 128 valence electrons. The molecule has 0 aliphatic rings. The zero-order valence-corrected chi connectivity index (χ0v) is 14.5. The minimum Gasteiger partial charge on any atom is -0.484 e. The van der Waals surface area contributed by atoms with E-state index in [0.717, 1.165) is 23.6 Å². The Hall–Kier alpha value is -2.81. The van der Waals surface area contributed by atoms with E-state index >= 15 is 0 Å². The third-order valence-corrected chi connectivity index (χ3v) is 4.14. The van der Waals surface area contributed by atoms with Gasteiger partial charge in [0.15, 0.2) is 6.61 Å². The molecule has 1 amide bonds. The average Bonchev–Trinajstić information content (AvgIpc) is 2.63. The van der Waals surface area contributed by atoms with Crippen molar-refractivity contribution < 1.29 is 9.53 Å². The van der Waals surface area contributed by atoms with E-state index < -0.39 is 0 Å². The van der Waals surface area contributed by atoms with Crippen LogP contribution in [0.4, 0.5) is 0 Å². The van der Waals surface area contributed by atoms with Gasteiger partial charge in [-0.25, -0.2) is 0 Å². The molecule has 0 radical (unpaired) electrons. The lowest BCUT2D eigenvalue weighted by molar-refractivity contribution is -0.123. The van der Waals surface area contributed by atoms with E-state index in [-0.39, 0.29) is 12.5 Å². The van der Waals surface area contributed by atoms with Crippen molar-refractivity contribution in [2.24, 2.45) is 0 Å². The van der Waals surface area contributed by atoms with E-state index in [1.165, 1.54) is 11.1 Å². The Bertz CT molecular complexity index is 857. The van der Waals surface area contributed by atoms with Crippen LogP contribution in [0.5, 0.6) is 5.75 Å². The molecule has 3 rings (SSSR count). The van der Waals surface area contributed by atoms with E-state index in [9.17, 15) is 4.79 Å². The molecule has 0 aliphatic heterocycles. The van der Waals surface area contributed by atoms with Gasteiger partial charge in [0.2, 0.25) is 0 Å². The van der Waals surface area contributed by atoms with Gasteiger partial charge in [-0.15, -0.1) is 0 Å². The minimum atomic E-state index is -0.0857. The Labute approximate surface area is 148 Å². The second-order valence-corrected chi connectivity index (χ2v) is 6.24. The van der Waals surface area contributed by atoms with Crippen molar-refractivity contribution in [1.82, 2.24) is 5.32 Å². The molecule has 0 heterocycles. The van der Waals surface area contributed by atoms with Crippen LogP contribution >= 0.6 is 0 Å². The zero-order valence-electron chi connectivity index (χ0n) is 14.5. The Balaban J connectivity index is 1.40. The third-order valence-electron chi connectivity index (χ3n) is 4.14. The summed E-state index contributed by atoms with van der Waals surface area (Å²) in [6, 6.07) is 22.4. The standard InChI is InChI=1S/C22H23NO2/c1-17-6-4-7-18(14-17)8-5-13-23-22(24)16-25-21-12-11-19-9-2-3-10-20(19)15-21/h2-4,6-7,9-12,14-15H,5,8,13,16H2,1H3,(H,23,24). The number of fused-ring (bicyclic) bond motifs is 1. The van der Waals surface area contributed by atoms with Crippen molar-refractivity contribution in [2.45, 2.75) is 19.8 Å². The van der Waals surface area contributed by atoms with Gasteiger partial charge in [0.05, 0.1) is 0 Å². The lowest BCUT2D eigenvalue weighted by atomic mass is 10.1. The van der Waals surface area contributed by atoms with Gasteiger partial charge in [0.1, 0.15) is 5.75 Å². The number of ether oxygens (including phenoxy) is 1. The Morgan fingerprint density at radius 2 is 1.80 bits per heavy atom. The normalized spacial score (nSPS) is 10.6. The van der Waals surface area contributed by atoms with Crippen LogP contribution in [-0.4, -0.2) is 19.1 Å². The molecule has 25 heavy (non-hydrogen) atoms. The van der Waals surface area contributed by atoms with Crippen LogP contribution < -0.4 is 10.1 Å². The molecule has 0 atom stereocenters. The highest BCUT2D eigenvalue weighted by Gasteiger charge is 2.03. The molecule has 0 spiro atoms. The SMILES string of the molecule is Cc1cccc(CCCNC(=O)COc2ccc3ccccc3c2)c1. The number of carbonyl (C=O) groups is 1. The van der Waals surface area contributed by atoms with E-state index in [1.807, 2.05) is 36.4 Å². The maximum atomic E-state index is 11.9. The monoisotopic (exact) mass is 333 g/mol. The topological polar surface area (TPSA) is 38.3 Å². The number of rotatable bonds is 7. The zero-order chi connectivity index (χ0) is 17.5. The Morgan fingerprint density at radius 3 is 2.64 bits per heavy atom. The first-order valence-corrected chi connectivity index (χ1v) is 8.64. The van der Waals surface area contributed by atoms with Gasteiger partial charge in [-0.2, -0.15) is 0 Å². The molecule has 0 saturated heterocycles. The average molecular weight is 333 g/mol. The summed E-state index contributed by atoms with van der Waals surface area (Å²) in [6.45, 7) is 2.80. The summed E-state index contributed by atoms with van der Waals surface area (Å²) in [5.74, 6) is 0.631. The molecule has 3 aromatic carbocycles. The number of aryl methyl sites for hydroxylation is 2. The molecule has 3 heteroatoms. The van der Waals surface area contributed by atoms with Crippen molar-refractivity contribution in [3.05, 3.63) is 77.9 Å². The third kappa shape index (κ3) is 5.08. The predicted octanol–water partition coefficient (Wildman–Crippen LogP) is 4.28. The number of hydrogen-bond acceptors (Lipinski definition) is 2. The van der Waals surface area contributed by atoms with Crippen LogP contribution in [0.1, 0.15) is 17.5 Å². The van der Waals surface area contributed by atoms with Gasteiger partial charge >= 0.3 is 0 Å². The second-order valence-electron chi connectivity index (χ2n) is 6.24. The summed E-state index contributed by atoms with van der Waals surface area (Å²) >= 11 is 0. The molecule has 3 nitrogen and oxygen atoms in total. The summed E-state index contributed by atoms with van der Waals surface area (Å²) in [6.07, 6.45) is 1.89. The van der Waals surface area contributed by atoms with Crippen LogP contribution in [-0.2, 0) is 11.2 Å². The quantitative estimate of drug-likeness (QED) is 0.656. The van der Waals surface area contributed by atoms with E-state index in [4.69, 9.17) is 4.74 Å². The molecule has 1 N–H and O–H groups in total. The van der Waals surface area contributed by atoms with E-state index in [0.29, 0.717) is 12.3 Å². The molecule has 0 aliphatic carbocycles. The second kappa shape index (κ2) is 8.34. The van der Waals surface area contributed by atoms with Gasteiger partial charge in [-0.1, -0.05) is 60.2 Å². The fourth-order valence-electron chi connectivity index (χ4n) is 2.85. The highest BCUT2D eigenvalue weighted by Crippen LogP contribution is 2.20. The predicted molar refractivity (Wildman–Crippen MR) is 102 cm³/mol. The molecule has 0 fully saturated rings. The number of carbonyl (C=O) groups excluding carboxylic acids is 1. The van der Waals surface area contributed by atoms with Gasteiger partial charge < -0.3 is 10.1 Å². The van der Waals surface area contributed by atoms with Crippen LogP contribution in [0, 0.1) is 6.92 Å². The van der Waals surface area contributed by atoms with Crippen LogP contribution in [0.15, 0.2) is 66.7 Å². The van der Waals surface area contributed by atoms with Crippen LogP contribution in [0.25, 0.3) is 10.8 Å². The van der Waals surface area contributed by atoms with Gasteiger partial charge in [0.25, 0.3) is 5.91 Å². The molecule has 0 bridgehead atoms.